The SMILES string of the molecule is CC1C(=O)NSN1c1csc(-c2ccccc2)c1. The Bertz CT molecular complexity index is 567. The highest BCUT2D eigenvalue weighted by Crippen LogP contribution is 2.36. The molecule has 1 atom stereocenters. The Hall–Kier alpha value is -1.46. The van der Waals surface area contributed by atoms with Crippen molar-refractivity contribution in [3.8, 4) is 10.4 Å². The van der Waals surface area contributed by atoms with Crippen LogP contribution in [0.5, 0.6) is 0 Å². The van der Waals surface area contributed by atoms with Gasteiger partial charge in [-0.2, -0.15) is 0 Å². The van der Waals surface area contributed by atoms with Crippen LogP contribution in [0.25, 0.3) is 10.4 Å². The van der Waals surface area contributed by atoms with E-state index in [9.17, 15) is 4.79 Å². The summed E-state index contributed by atoms with van der Waals surface area (Å²) >= 11 is 3.06. The summed E-state index contributed by atoms with van der Waals surface area (Å²) in [6, 6.07) is 12.3. The maximum absolute atomic E-state index is 11.5. The molecule has 0 radical (unpaired) electrons. The van der Waals surface area contributed by atoms with Crippen molar-refractivity contribution in [2.75, 3.05) is 4.31 Å². The van der Waals surface area contributed by atoms with Crippen LogP contribution in [0.4, 0.5) is 5.69 Å². The molecule has 5 heteroatoms. The summed E-state index contributed by atoms with van der Waals surface area (Å²) in [7, 11) is 0. The minimum Gasteiger partial charge on any atom is -0.286 e. The monoisotopic (exact) mass is 276 g/mol. The Balaban J connectivity index is 1.89. The Kier molecular flexibility index (Phi) is 3.01. The third-order valence-corrected chi connectivity index (χ3v) is 4.86. The summed E-state index contributed by atoms with van der Waals surface area (Å²) < 4.78 is 4.78. The fourth-order valence-corrected chi connectivity index (χ4v) is 3.62. The van der Waals surface area contributed by atoms with E-state index in [2.05, 4.69) is 28.3 Å². The van der Waals surface area contributed by atoms with E-state index < -0.39 is 0 Å². The van der Waals surface area contributed by atoms with Crippen LogP contribution in [0, 0.1) is 0 Å². The van der Waals surface area contributed by atoms with E-state index in [4.69, 9.17) is 0 Å². The van der Waals surface area contributed by atoms with E-state index in [1.807, 2.05) is 29.4 Å². The molecule has 1 N–H and O–H groups in total. The average Bonchev–Trinajstić information content (AvgIpc) is 3.00. The van der Waals surface area contributed by atoms with Crippen molar-refractivity contribution in [2.45, 2.75) is 13.0 Å². The van der Waals surface area contributed by atoms with Gasteiger partial charge in [0.05, 0.1) is 17.8 Å². The second-order valence-electron chi connectivity index (χ2n) is 4.09. The van der Waals surface area contributed by atoms with Gasteiger partial charge in [0.15, 0.2) is 0 Å². The maximum atomic E-state index is 11.5. The number of anilines is 1. The molecule has 0 aliphatic carbocycles. The minimum absolute atomic E-state index is 0.0625. The molecule has 1 amide bonds. The molecule has 1 fully saturated rings. The molecule has 1 aliphatic heterocycles. The zero-order chi connectivity index (χ0) is 12.5. The molecule has 2 heterocycles. The minimum atomic E-state index is -0.117. The van der Waals surface area contributed by atoms with Gasteiger partial charge in [-0.3, -0.25) is 13.8 Å². The molecule has 1 aliphatic rings. The van der Waals surface area contributed by atoms with Crippen LogP contribution in [0.3, 0.4) is 0 Å². The van der Waals surface area contributed by atoms with Gasteiger partial charge in [0.1, 0.15) is 6.04 Å². The number of nitrogens with zero attached hydrogens (tertiary/aromatic N) is 1. The van der Waals surface area contributed by atoms with Crippen molar-refractivity contribution in [3.63, 3.8) is 0 Å². The summed E-state index contributed by atoms with van der Waals surface area (Å²) in [6.45, 7) is 1.91. The smallest absolute Gasteiger partial charge is 0.254 e. The van der Waals surface area contributed by atoms with Crippen LogP contribution in [0.1, 0.15) is 6.92 Å². The number of carbonyl (C=O) groups excluding carboxylic acids is 1. The van der Waals surface area contributed by atoms with Gasteiger partial charge in [-0.1, -0.05) is 30.3 Å². The fraction of sp³-hybridized carbons (Fsp3) is 0.154. The average molecular weight is 276 g/mol. The lowest BCUT2D eigenvalue weighted by molar-refractivity contribution is -0.119. The van der Waals surface area contributed by atoms with Crippen molar-refractivity contribution in [1.29, 1.82) is 0 Å². The molecule has 3 nitrogen and oxygen atoms in total. The van der Waals surface area contributed by atoms with Crippen molar-refractivity contribution in [1.82, 2.24) is 4.72 Å². The second-order valence-corrected chi connectivity index (χ2v) is 5.79. The lowest BCUT2D eigenvalue weighted by Crippen LogP contribution is -2.27. The molecular formula is C13H12N2OS2. The standard InChI is InChI=1S/C13H12N2OS2/c1-9-13(16)14-18-15(9)11-7-12(17-8-11)10-5-3-2-4-6-10/h2-9H,1H3,(H,14,16). The lowest BCUT2D eigenvalue weighted by Gasteiger charge is -2.16. The molecule has 1 aromatic carbocycles. The number of hydrogen-bond acceptors (Lipinski definition) is 4. The van der Waals surface area contributed by atoms with Gasteiger partial charge >= 0.3 is 0 Å². The number of hydrogen-bond donors (Lipinski definition) is 1. The van der Waals surface area contributed by atoms with Crippen LogP contribution in [0.2, 0.25) is 0 Å². The number of rotatable bonds is 2. The zero-order valence-electron chi connectivity index (χ0n) is 9.79. The van der Waals surface area contributed by atoms with Crippen molar-refractivity contribution < 1.29 is 4.79 Å². The topological polar surface area (TPSA) is 32.3 Å². The van der Waals surface area contributed by atoms with Gasteiger partial charge in [-0.15, -0.1) is 11.3 Å². The summed E-state index contributed by atoms with van der Waals surface area (Å²) in [5, 5.41) is 2.09. The highest BCUT2D eigenvalue weighted by molar-refractivity contribution is 7.99. The van der Waals surface area contributed by atoms with Crippen LogP contribution in [-0.2, 0) is 4.79 Å². The number of thiophene rings is 1. The second kappa shape index (κ2) is 4.66. The van der Waals surface area contributed by atoms with Gasteiger partial charge in [-0.05, 0) is 18.6 Å². The first-order chi connectivity index (χ1) is 8.75. The molecule has 3 rings (SSSR count). The highest BCUT2D eigenvalue weighted by atomic mass is 32.2. The Morgan fingerprint density at radius 1 is 1.28 bits per heavy atom. The first-order valence-corrected chi connectivity index (χ1v) is 7.31. The predicted octanol–water partition coefficient (Wildman–Crippen LogP) is 3.30. The number of benzene rings is 1. The Morgan fingerprint density at radius 2 is 2.06 bits per heavy atom. The van der Waals surface area contributed by atoms with E-state index in [0.29, 0.717) is 0 Å². The van der Waals surface area contributed by atoms with E-state index in [-0.39, 0.29) is 11.9 Å². The number of nitrogens with one attached hydrogen (secondary N) is 1. The first kappa shape index (κ1) is 11.6. The number of amides is 1. The Labute approximate surface area is 114 Å². The molecule has 1 saturated heterocycles. The number of carbonyl (C=O) groups is 1. The molecule has 0 saturated carbocycles. The van der Waals surface area contributed by atoms with Crippen LogP contribution in [-0.4, -0.2) is 11.9 Å². The van der Waals surface area contributed by atoms with E-state index in [1.54, 1.807) is 11.3 Å². The van der Waals surface area contributed by atoms with Crippen molar-refractivity contribution in [2.24, 2.45) is 0 Å². The van der Waals surface area contributed by atoms with E-state index >= 15 is 0 Å². The van der Waals surface area contributed by atoms with Crippen LogP contribution in [0.15, 0.2) is 41.8 Å². The third kappa shape index (κ3) is 2.00. The predicted molar refractivity (Wildman–Crippen MR) is 77.4 cm³/mol. The van der Waals surface area contributed by atoms with Crippen molar-refractivity contribution >= 4 is 35.1 Å². The van der Waals surface area contributed by atoms with E-state index in [0.717, 1.165) is 5.69 Å². The normalized spacial score (nSPS) is 19.1. The first-order valence-electron chi connectivity index (χ1n) is 5.66. The molecule has 0 bridgehead atoms. The highest BCUT2D eigenvalue weighted by Gasteiger charge is 2.30. The molecule has 18 heavy (non-hydrogen) atoms. The summed E-state index contributed by atoms with van der Waals surface area (Å²) in [5.74, 6) is 0.0625. The van der Waals surface area contributed by atoms with Gasteiger partial charge < -0.3 is 0 Å². The van der Waals surface area contributed by atoms with Gasteiger partial charge in [0, 0.05) is 10.3 Å². The maximum Gasteiger partial charge on any atom is 0.254 e. The molecule has 92 valence electrons. The lowest BCUT2D eigenvalue weighted by atomic mass is 10.2. The molecule has 0 spiro atoms. The van der Waals surface area contributed by atoms with Crippen molar-refractivity contribution in [3.05, 3.63) is 41.8 Å². The molecular weight excluding hydrogens is 264 g/mol. The summed E-state index contributed by atoms with van der Waals surface area (Å²) in [4.78, 5) is 12.7. The van der Waals surface area contributed by atoms with Gasteiger partial charge in [0.25, 0.3) is 5.91 Å². The molecule has 2 aromatic rings. The van der Waals surface area contributed by atoms with Crippen LogP contribution >= 0.6 is 23.5 Å². The van der Waals surface area contributed by atoms with Gasteiger partial charge in [0.2, 0.25) is 0 Å². The quantitative estimate of drug-likeness (QED) is 0.854. The summed E-state index contributed by atoms with van der Waals surface area (Å²) in [5.41, 5.74) is 2.29. The molecule has 1 aromatic heterocycles. The molecule has 1 unspecified atom stereocenters. The zero-order valence-corrected chi connectivity index (χ0v) is 11.4. The van der Waals surface area contributed by atoms with Crippen LogP contribution < -0.4 is 9.03 Å². The van der Waals surface area contributed by atoms with E-state index in [1.165, 1.54) is 22.6 Å². The third-order valence-electron chi connectivity index (χ3n) is 2.87. The fourth-order valence-electron chi connectivity index (χ4n) is 1.84. The Morgan fingerprint density at radius 3 is 2.72 bits per heavy atom. The summed E-state index contributed by atoms with van der Waals surface area (Å²) in [6.07, 6.45) is 0. The van der Waals surface area contributed by atoms with Gasteiger partial charge in [-0.25, -0.2) is 0 Å². The largest absolute Gasteiger partial charge is 0.286 e.